The number of benzene rings is 2. The van der Waals surface area contributed by atoms with Crippen molar-refractivity contribution >= 4 is 38.9 Å². The maximum Gasteiger partial charge on any atom is 0.257 e. The van der Waals surface area contributed by atoms with Gasteiger partial charge in [-0.2, -0.15) is 0 Å². The summed E-state index contributed by atoms with van der Waals surface area (Å²) in [5, 5.41) is 3.03. The summed E-state index contributed by atoms with van der Waals surface area (Å²) in [6.07, 6.45) is 1.89. The van der Waals surface area contributed by atoms with Gasteiger partial charge >= 0.3 is 0 Å². The van der Waals surface area contributed by atoms with E-state index in [1.54, 1.807) is 6.07 Å². The third-order valence-corrected chi connectivity index (χ3v) is 5.22. The minimum Gasteiger partial charge on any atom is -0.322 e. The molecule has 0 heterocycles. The number of hydrogen-bond acceptors (Lipinski definition) is 3. The summed E-state index contributed by atoms with van der Waals surface area (Å²) in [5.74, 6) is -0.338. The van der Waals surface area contributed by atoms with Crippen molar-refractivity contribution in [1.82, 2.24) is 0 Å². The Balaban J connectivity index is 2.28. The lowest BCUT2D eigenvalue weighted by Gasteiger charge is -2.17. The van der Waals surface area contributed by atoms with Gasteiger partial charge in [0.1, 0.15) is 0 Å². The highest BCUT2D eigenvalue weighted by molar-refractivity contribution is 7.92. The zero-order valence-corrected chi connectivity index (χ0v) is 15.3. The Morgan fingerprint density at radius 1 is 1.21 bits per heavy atom. The summed E-state index contributed by atoms with van der Waals surface area (Å²) in [5.41, 5.74) is 2.44. The van der Waals surface area contributed by atoms with E-state index in [0.29, 0.717) is 5.69 Å². The van der Waals surface area contributed by atoms with E-state index in [0.717, 1.165) is 28.2 Å². The fourth-order valence-electron chi connectivity index (χ4n) is 2.22. The molecule has 24 heavy (non-hydrogen) atoms. The second-order valence-electron chi connectivity index (χ2n) is 5.36. The first-order valence-electron chi connectivity index (χ1n) is 7.36. The second-order valence-corrected chi connectivity index (χ2v) is 7.78. The molecule has 7 heteroatoms. The third kappa shape index (κ3) is 4.07. The van der Waals surface area contributed by atoms with E-state index < -0.39 is 10.0 Å². The molecule has 0 aliphatic rings. The zero-order valence-electron chi connectivity index (χ0n) is 13.7. The molecule has 2 aromatic rings. The lowest BCUT2D eigenvalue weighted by Crippen LogP contribution is -2.25. The first-order chi connectivity index (χ1) is 11.2. The van der Waals surface area contributed by atoms with Crippen LogP contribution in [0.5, 0.6) is 0 Å². The Labute approximate surface area is 147 Å². The molecule has 0 radical (unpaired) electrons. The number of nitrogens with one attached hydrogen (secondary N) is 1. The van der Waals surface area contributed by atoms with Gasteiger partial charge in [-0.25, -0.2) is 8.42 Å². The molecule has 0 bridgehead atoms. The number of sulfonamides is 1. The number of hydrogen-bond donors (Lipinski definition) is 1. The largest absolute Gasteiger partial charge is 0.322 e. The Bertz CT molecular complexity index is 866. The van der Waals surface area contributed by atoms with Crippen molar-refractivity contribution in [3.05, 3.63) is 58.6 Å². The predicted octanol–water partition coefficient (Wildman–Crippen LogP) is 3.55. The Hall–Kier alpha value is -2.05. The fraction of sp³-hybridized carbons (Fsp3) is 0.235. The number of amides is 1. The molecular weight excluding hydrogens is 348 g/mol. The van der Waals surface area contributed by atoms with E-state index in [-0.39, 0.29) is 16.5 Å². The van der Waals surface area contributed by atoms with Crippen LogP contribution in [0.15, 0.2) is 42.5 Å². The topological polar surface area (TPSA) is 66.5 Å². The average molecular weight is 367 g/mol. The molecule has 128 valence electrons. The average Bonchev–Trinajstić information content (AvgIpc) is 2.53. The molecule has 0 aliphatic carbocycles. The number of carbonyl (C=O) groups excluding carboxylic acids is 1. The lowest BCUT2D eigenvalue weighted by atomic mass is 10.1. The van der Waals surface area contributed by atoms with Crippen LogP contribution in [0.3, 0.4) is 0 Å². The van der Waals surface area contributed by atoms with Crippen molar-refractivity contribution < 1.29 is 13.2 Å². The van der Waals surface area contributed by atoms with Crippen LogP contribution < -0.4 is 9.62 Å². The lowest BCUT2D eigenvalue weighted by molar-refractivity contribution is 0.102. The highest BCUT2D eigenvalue weighted by Crippen LogP contribution is 2.26. The van der Waals surface area contributed by atoms with Gasteiger partial charge in [0.05, 0.1) is 22.5 Å². The monoisotopic (exact) mass is 366 g/mol. The number of carbonyl (C=O) groups is 1. The van der Waals surface area contributed by atoms with Gasteiger partial charge in [0, 0.05) is 12.7 Å². The van der Waals surface area contributed by atoms with Crippen molar-refractivity contribution in [3.63, 3.8) is 0 Å². The summed E-state index contributed by atoms with van der Waals surface area (Å²) in [6.45, 7) is 2.01. The first-order valence-corrected chi connectivity index (χ1v) is 9.59. The van der Waals surface area contributed by atoms with Crippen molar-refractivity contribution in [1.29, 1.82) is 0 Å². The summed E-state index contributed by atoms with van der Waals surface area (Å²) in [6, 6.07) is 12.1. The SMILES string of the molecule is CCc1ccccc1NC(=O)c1ccc(N(C)S(C)(=O)=O)cc1Cl. The van der Waals surface area contributed by atoms with E-state index in [1.165, 1.54) is 19.2 Å². The summed E-state index contributed by atoms with van der Waals surface area (Å²) in [4.78, 5) is 12.5. The van der Waals surface area contributed by atoms with Crippen molar-refractivity contribution in [2.24, 2.45) is 0 Å². The number of para-hydroxylation sites is 1. The highest BCUT2D eigenvalue weighted by atomic mass is 35.5. The van der Waals surface area contributed by atoms with Crippen LogP contribution in [0.2, 0.25) is 5.02 Å². The predicted molar refractivity (Wildman–Crippen MR) is 98.5 cm³/mol. The molecule has 5 nitrogen and oxygen atoms in total. The first kappa shape index (κ1) is 18.3. The molecule has 1 amide bonds. The van der Waals surface area contributed by atoms with Crippen molar-refractivity contribution in [2.45, 2.75) is 13.3 Å². The second kappa shape index (κ2) is 7.23. The smallest absolute Gasteiger partial charge is 0.257 e. The molecule has 0 atom stereocenters. The van der Waals surface area contributed by atoms with Crippen LogP contribution >= 0.6 is 11.6 Å². The molecule has 0 aromatic heterocycles. The molecule has 2 rings (SSSR count). The molecule has 0 spiro atoms. The van der Waals surface area contributed by atoms with Gasteiger partial charge in [0.2, 0.25) is 10.0 Å². The molecule has 0 aliphatic heterocycles. The van der Waals surface area contributed by atoms with Crippen LogP contribution in [-0.2, 0) is 16.4 Å². The van der Waals surface area contributed by atoms with Crippen LogP contribution in [-0.4, -0.2) is 27.6 Å². The number of aryl methyl sites for hydroxylation is 1. The minimum atomic E-state index is -3.39. The van der Waals surface area contributed by atoms with Crippen LogP contribution in [0.4, 0.5) is 11.4 Å². The van der Waals surface area contributed by atoms with E-state index in [4.69, 9.17) is 11.6 Å². The Kier molecular flexibility index (Phi) is 5.51. The molecule has 0 unspecified atom stereocenters. The number of halogens is 1. The van der Waals surface area contributed by atoms with Gasteiger partial charge in [-0.1, -0.05) is 36.7 Å². The number of nitrogens with zero attached hydrogens (tertiary/aromatic N) is 1. The third-order valence-electron chi connectivity index (χ3n) is 3.70. The summed E-state index contributed by atoms with van der Waals surface area (Å²) < 4.78 is 24.3. The highest BCUT2D eigenvalue weighted by Gasteiger charge is 2.16. The number of rotatable bonds is 5. The quantitative estimate of drug-likeness (QED) is 0.879. The maximum atomic E-state index is 12.5. The van der Waals surface area contributed by atoms with Crippen LogP contribution in [0, 0.1) is 0 Å². The van der Waals surface area contributed by atoms with Gasteiger partial charge in [0.25, 0.3) is 5.91 Å². The summed E-state index contributed by atoms with van der Waals surface area (Å²) >= 11 is 6.18. The molecule has 0 saturated carbocycles. The van der Waals surface area contributed by atoms with Gasteiger partial charge in [0.15, 0.2) is 0 Å². The standard InChI is InChI=1S/C17H19ClN2O3S/c1-4-12-7-5-6-8-16(12)19-17(21)14-10-9-13(11-15(14)18)20(2)24(3,22)23/h5-11H,4H2,1-3H3,(H,19,21). The van der Waals surface area contributed by atoms with Gasteiger partial charge in [-0.15, -0.1) is 0 Å². The van der Waals surface area contributed by atoms with Crippen LogP contribution in [0.1, 0.15) is 22.8 Å². The fourth-order valence-corrected chi connectivity index (χ4v) is 2.97. The molecule has 2 aromatic carbocycles. The molecule has 1 N–H and O–H groups in total. The zero-order chi connectivity index (χ0) is 17.9. The van der Waals surface area contributed by atoms with Crippen LogP contribution in [0.25, 0.3) is 0 Å². The maximum absolute atomic E-state index is 12.5. The molecule has 0 fully saturated rings. The van der Waals surface area contributed by atoms with E-state index in [9.17, 15) is 13.2 Å². The minimum absolute atomic E-state index is 0.189. The molecular formula is C17H19ClN2O3S. The van der Waals surface area contributed by atoms with Gasteiger partial charge < -0.3 is 5.32 Å². The number of anilines is 2. The molecule has 0 saturated heterocycles. The normalized spacial score (nSPS) is 11.2. The Morgan fingerprint density at radius 2 is 1.88 bits per heavy atom. The Morgan fingerprint density at radius 3 is 2.46 bits per heavy atom. The van der Waals surface area contributed by atoms with E-state index in [1.807, 2.05) is 31.2 Å². The van der Waals surface area contributed by atoms with E-state index >= 15 is 0 Å². The van der Waals surface area contributed by atoms with Crippen molar-refractivity contribution in [2.75, 3.05) is 22.9 Å². The van der Waals surface area contributed by atoms with Gasteiger partial charge in [-0.05, 0) is 36.2 Å². The van der Waals surface area contributed by atoms with Gasteiger partial charge in [-0.3, -0.25) is 9.10 Å². The van der Waals surface area contributed by atoms with E-state index in [2.05, 4.69) is 5.32 Å². The van der Waals surface area contributed by atoms with Crippen molar-refractivity contribution in [3.8, 4) is 0 Å². The summed E-state index contributed by atoms with van der Waals surface area (Å²) in [7, 11) is -1.96.